The number of halogens is 1. The number of carbonyl (C=O) groups is 1. The van der Waals surface area contributed by atoms with Crippen LogP contribution < -0.4 is 5.32 Å². The summed E-state index contributed by atoms with van der Waals surface area (Å²) in [6, 6.07) is 3.26. The molecule has 96 valence electrons. The number of hydrogen-bond donors (Lipinski definition) is 2. The third-order valence-electron chi connectivity index (χ3n) is 2.50. The van der Waals surface area contributed by atoms with Crippen molar-refractivity contribution in [3.8, 4) is 0 Å². The van der Waals surface area contributed by atoms with Crippen molar-refractivity contribution in [2.75, 3.05) is 6.54 Å². The summed E-state index contributed by atoms with van der Waals surface area (Å²) in [5, 5.41) is 12.5. The Hall–Kier alpha value is -0.810. The van der Waals surface area contributed by atoms with Gasteiger partial charge in [0.1, 0.15) is 0 Å². The van der Waals surface area contributed by atoms with Crippen LogP contribution in [0.2, 0.25) is 0 Å². The molecular weight excluding hydrogens is 286 g/mol. The SMILES string of the molecule is CC(C)(C)C(O)CCNC(=O)c1ccc(Br)o1. The first kappa shape index (κ1) is 14.3. The zero-order chi connectivity index (χ0) is 13.1. The lowest BCUT2D eigenvalue weighted by molar-refractivity contribution is 0.0549. The van der Waals surface area contributed by atoms with Crippen LogP contribution in [0.4, 0.5) is 0 Å². The van der Waals surface area contributed by atoms with Crippen LogP contribution in [0.5, 0.6) is 0 Å². The summed E-state index contributed by atoms with van der Waals surface area (Å²) in [7, 11) is 0. The molecule has 4 nitrogen and oxygen atoms in total. The van der Waals surface area contributed by atoms with Crippen molar-refractivity contribution < 1.29 is 14.3 Å². The van der Waals surface area contributed by atoms with E-state index in [0.717, 1.165) is 0 Å². The van der Waals surface area contributed by atoms with E-state index in [9.17, 15) is 9.90 Å². The van der Waals surface area contributed by atoms with E-state index in [0.29, 0.717) is 17.6 Å². The number of carbonyl (C=O) groups excluding carboxylic acids is 1. The van der Waals surface area contributed by atoms with E-state index in [4.69, 9.17) is 4.42 Å². The van der Waals surface area contributed by atoms with Gasteiger partial charge in [0.2, 0.25) is 0 Å². The minimum Gasteiger partial charge on any atom is -0.444 e. The molecule has 0 saturated carbocycles. The Labute approximate surface area is 110 Å². The Morgan fingerprint density at radius 1 is 1.53 bits per heavy atom. The fourth-order valence-electron chi connectivity index (χ4n) is 1.28. The number of amides is 1. The maximum absolute atomic E-state index is 11.6. The van der Waals surface area contributed by atoms with Crippen LogP contribution in [0.1, 0.15) is 37.7 Å². The van der Waals surface area contributed by atoms with E-state index in [1.807, 2.05) is 20.8 Å². The number of furan rings is 1. The molecule has 0 fully saturated rings. The number of aliphatic hydroxyl groups is 1. The summed E-state index contributed by atoms with van der Waals surface area (Å²) >= 11 is 3.13. The van der Waals surface area contributed by atoms with E-state index in [1.54, 1.807) is 12.1 Å². The Kier molecular flexibility index (Phi) is 4.77. The average molecular weight is 304 g/mol. The fourth-order valence-corrected chi connectivity index (χ4v) is 1.59. The monoisotopic (exact) mass is 303 g/mol. The molecule has 0 radical (unpaired) electrons. The highest BCUT2D eigenvalue weighted by Crippen LogP contribution is 2.21. The third-order valence-corrected chi connectivity index (χ3v) is 2.93. The van der Waals surface area contributed by atoms with E-state index in [2.05, 4.69) is 21.2 Å². The smallest absolute Gasteiger partial charge is 0.287 e. The molecule has 1 aromatic heterocycles. The lowest BCUT2D eigenvalue weighted by Crippen LogP contribution is -2.32. The van der Waals surface area contributed by atoms with Gasteiger partial charge in [0, 0.05) is 6.54 Å². The first-order valence-corrected chi connectivity index (χ1v) is 6.31. The van der Waals surface area contributed by atoms with Crippen LogP contribution in [-0.2, 0) is 0 Å². The highest BCUT2D eigenvalue weighted by Gasteiger charge is 2.21. The second kappa shape index (κ2) is 5.69. The molecule has 0 spiro atoms. The van der Waals surface area contributed by atoms with Gasteiger partial charge in [-0.2, -0.15) is 0 Å². The molecular formula is C12H18BrNO3. The van der Waals surface area contributed by atoms with E-state index in [-0.39, 0.29) is 17.1 Å². The van der Waals surface area contributed by atoms with Crippen LogP contribution in [0.3, 0.4) is 0 Å². The third kappa shape index (κ3) is 4.52. The van der Waals surface area contributed by atoms with Gasteiger partial charge in [-0.1, -0.05) is 20.8 Å². The predicted octanol–water partition coefficient (Wildman–Crippen LogP) is 2.57. The van der Waals surface area contributed by atoms with Crippen LogP contribution >= 0.6 is 15.9 Å². The summed E-state index contributed by atoms with van der Waals surface area (Å²) in [5.74, 6) is -0.000988. The minimum atomic E-state index is -0.439. The Morgan fingerprint density at radius 2 is 2.18 bits per heavy atom. The maximum Gasteiger partial charge on any atom is 0.287 e. The maximum atomic E-state index is 11.6. The summed E-state index contributed by atoms with van der Waals surface area (Å²) in [4.78, 5) is 11.6. The van der Waals surface area contributed by atoms with Crippen LogP contribution in [0.25, 0.3) is 0 Å². The van der Waals surface area contributed by atoms with Crippen molar-refractivity contribution in [3.05, 3.63) is 22.6 Å². The van der Waals surface area contributed by atoms with Gasteiger partial charge in [0.25, 0.3) is 5.91 Å². The van der Waals surface area contributed by atoms with Crippen molar-refractivity contribution in [1.82, 2.24) is 5.32 Å². The zero-order valence-electron chi connectivity index (χ0n) is 10.3. The summed E-state index contributed by atoms with van der Waals surface area (Å²) in [6.45, 7) is 6.31. The lowest BCUT2D eigenvalue weighted by atomic mass is 9.87. The standard InChI is InChI=1S/C12H18BrNO3/c1-12(2,3)9(15)6-7-14-11(16)8-4-5-10(13)17-8/h4-5,9,15H,6-7H2,1-3H3,(H,14,16). The van der Waals surface area contributed by atoms with Gasteiger partial charge in [-0.3, -0.25) is 4.79 Å². The topological polar surface area (TPSA) is 62.5 Å². The van der Waals surface area contributed by atoms with Crippen LogP contribution in [0.15, 0.2) is 21.2 Å². The van der Waals surface area contributed by atoms with Crippen LogP contribution in [0, 0.1) is 5.41 Å². The van der Waals surface area contributed by atoms with Crippen molar-refractivity contribution in [1.29, 1.82) is 0 Å². The van der Waals surface area contributed by atoms with Gasteiger partial charge in [-0.05, 0) is 39.9 Å². The largest absolute Gasteiger partial charge is 0.444 e. The second-order valence-electron chi connectivity index (χ2n) is 5.03. The zero-order valence-corrected chi connectivity index (χ0v) is 11.9. The lowest BCUT2D eigenvalue weighted by Gasteiger charge is -2.25. The fraction of sp³-hybridized carbons (Fsp3) is 0.583. The molecule has 1 atom stereocenters. The molecule has 1 aromatic rings. The molecule has 0 saturated heterocycles. The molecule has 17 heavy (non-hydrogen) atoms. The van der Waals surface area contributed by atoms with Gasteiger partial charge in [0.05, 0.1) is 6.10 Å². The molecule has 0 aliphatic heterocycles. The van der Waals surface area contributed by atoms with E-state index < -0.39 is 6.10 Å². The minimum absolute atomic E-state index is 0.168. The molecule has 0 aliphatic rings. The normalized spacial score (nSPS) is 13.5. The first-order chi connectivity index (χ1) is 7.80. The van der Waals surface area contributed by atoms with E-state index in [1.165, 1.54) is 0 Å². The van der Waals surface area contributed by atoms with Crippen molar-refractivity contribution >= 4 is 21.8 Å². The van der Waals surface area contributed by atoms with Crippen LogP contribution in [-0.4, -0.2) is 23.7 Å². The van der Waals surface area contributed by atoms with Crippen molar-refractivity contribution in [2.45, 2.75) is 33.3 Å². The summed E-state index contributed by atoms with van der Waals surface area (Å²) < 4.78 is 5.64. The summed E-state index contributed by atoms with van der Waals surface area (Å²) in [6.07, 6.45) is 0.0862. The molecule has 1 heterocycles. The van der Waals surface area contributed by atoms with Gasteiger partial charge in [-0.15, -0.1) is 0 Å². The molecule has 2 N–H and O–H groups in total. The molecule has 1 amide bonds. The number of nitrogens with one attached hydrogen (secondary N) is 1. The van der Waals surface area contributed by atoms with Gasteiger partial charge >= 0.3 is 0 Å². The van der Waals surface area contributed by atoms with Crippen molar-refractivity contribution in [2.24, 2.45) is 5.41 Å². The number of aliphatic hydroxyl groups excluding tert-OH is 1. The first-order valence-electron chi connectivity index (χ1n) is 5.52. The molecule has 5 heteroatoms. The molecule has 0 aromatic carbocycles. The quantitative estimate of drug-likeness (QED) is 0.898. The average Bonchev–Trinajstić information content (AvgIpc) is 2.63. The molecule has 1 rings (SSSR count). The number of rotatable bonds is 4. The Morgan fingerprint density at radius 3 is 2.65 bits per heavy atom. The Bertz CT molecular complexity index is 381. The molecule has 1 unspecified atom stereocenters. The second-order valence-corrected chi connectivity index (χ2v) is 5.81. The highest BCUT2D eigenvalue weighted by molar-refractivity contribution is 9.10. The highest BCUT2D eigenvalue weighted by atomic mass is 79.9. The molecule has 0 aliphatic carbocycles. The van der Waals surface area contributed by atoms with Gasteiger partial charge < -0.3 is 14.8 Å². The summed E-state index contributed by atoms with van der Waals surface area (Å²) in [5.41, 5.74) is -0.168. The number of hydrogen-bond acceptors (Lipinski definition) is 3. The molecule has 0 bridgehead atoms. The van der Waals surface area contributed by atoms with E-state index >= 15 is 0 Å². The predicted molar refractivity (Wildman–Crippen MR) is 68.8 cm³/mol. The van der Waals surface area contributed by atoms with Gasteiger partial charge in [-0.25, -0.2) is 0 Å². The Balaban J connectivity index is 2.35. The van der Waals surface area contributed by atoms with Crippen molar-refractivity contribution in [3.63, 3.8) is 0 Å². The van der Waals surface area contributed by atoms with Gasteiger partial charge in [0.15, 0.2) is 10.4 Å².